The molecule has 0 saturated heterocycles. The first-order chi connectivity index (χ1) is 7.66. The molecule has 4 nitrogen and oxygen atoms in total. The predicted octanol–water partition coefficient (Wildman–Crippen LogP) is 0.680. The minimum absolute atomic E-state index is 0.294. The zero-order chi connectivity index (χ0) is 11.3. The summed E-state index contributed by atoms with van der Waals surface area (Å²) < 4.78 is 1.82. The fourth-order valence-corrected chi connectivity index (χ4v) is 1.89. The average Bonchev–Trinajstić information content (AvgIpc) is 2.63. The molecule has 4 heteroatoms. The van der Waals surface area contributed by atoms with E-state index in [-0.39, 0.29) is 5.56 Å². The zero-order valence-corrected chi connectivity index (χ0v) is 8.77. The maximum Gasteiger partial charge on any atom is 0.313 e. The van der Waals surface area contributed by atoms with Crippen LogP contribution in [-0.4, -0.2) is 14.4 Å². The van der Waals surface area contributed by atoms with E-state index >= 15 is 0 Å². The summed E-state index contributed by atoms with van der Waals surface area (Å²) in [6.07, 6.45) is 1.67. The molecule has 78 valence electrons. The number of nitrogens with zero attached hydrogens (tertiary/aromatic N) is 3. The van der Waals surface area contributed by atoms with Crippen molar-refractivity contribution in [3.05, 3.63) is 45.7 Å². The van der Waals surface area contributed by atoms with Crippen molar-refractivity contribution in [2.45, 2.75) is 6.92 Å². The molecule has 0 amide bonds. The highest BCUT2D eigenvalue weighted by atomic mass is 16.1. The van der Waals surface area contributed by atoms with Crippen LogP contribution in [0.15, 0.2) is 29.2 Å². The van der Waals surface area contributed by atoms with E-state index < -0.39 is 0 Å². The van der Waals surface area contributed by atoms with Gasteiger partial charge in [0.2, 0.25) is 5.65 Å². The lowest BCUT2D eigenvalue weighted by molar-refractivity contribution is 1.12. The van der Waals surface area contributed by atoms with Gasteiger partial charge in [0.05, 0.1) is 11.0 Å². The van der Waals surface area contributed by atoms with Gasteiger partial charge in [-0.3, -0.25) is 9.20 Å². The first kappa shape index (κ1) is 9.03. The Hall–Kier alpha value is -2.23. The van der Waals surface area contributed by atoms with Gasteiger partial charge in [0.1, 0.15) is 0 Å². The highest BCUT2D eigenvalue weighted by Crippen LogP contribution is 2.11. The highest BCUT2D eigenvalue weighted by molar-refractivity contribution is 5.77. The van der Waals surface area contributed by atoms with Gasteiger partial charge in [0, 0.05) is 11.9 Å². The maximum atomic E-state index is 11.7. The molecule has 1 aromatic carbocycles. The Balaban J connectivity index is 2.75. The molecule has 16 heavy (non-hydrogen) atoms. The van der Waals surface area contributed by atoms with Crippen molar-refractivity contribution in [1.82, 2.24) is 14.4 Å². The van der Waals surface area contributed by atoms with Gasteiger partial charge in [-0.1, -0.05) is 12.6 Å². The zero-order valence-electron chi connectivity index (χ0n) is 8.77. The SMILES string of the molecule is C=c1ccc2nc(=O)c3ncc(C)n3c2c1. The van der Waals surface area contributed by atoms with Gasteiger partial charge in [0.25, 0.3) is 0 Å². The second-order valence-corrected chi connectivity index (χ2v) is 3.80. The smallest absolute Gasteiger partial charge is 0.291 e. The molecular formula is C12H9N3O. The highest BCUT2D eigenvalue weighted by Gasteiger charge is 2.08. The van der Waals surface area contributed by atoms with Crippen LogP contribution in [0.3, 0.4) is 0 Å². The number of imidazole rings is 1. The minimum atomic E-state index is -0.294. The van der Waals surface area contributed by atoms with Crippen LogP contribution in [0.4, 0.5) is 0 Å². The monoisotopic (exact) mass is 211 g/mol. The second-order valence-electron chi connectivity index (χ2n) is 3.80. The molecular weight excluding hydrogens is 202 g/mol. The summed E-state index contributed by atoms with van der Waals surface area (Å²) in [5, 5.41) is 0.891. The van der Waals surface area contributed by atoms with Crippen molar-refractivity contribution in [1.29, 1.82) is 0 Å². The van der Waals surface area contributed by atoms with E-state index in [1.807, 2.05) is 23.5 Å². The fourth-order valence-electron chi connectivity index (χ4n) is 1.89. The molecule has 0 aliphatic rings. The van der Waals surface area contributed by atoms with Gasteiger partial charge in [-0.25, -0.2) is 9.97 Å². The summed E-state index contributed by atoms with van der Waals surface area (Å²) in [4.78, 5) is 19.7. The van der Waals surface area contributed by atoms with Crippen LogP contribution >= 0.6 is 0 Å². The molecule has 3 aromatic rings. The number of aryl methyl sites for hydroxylation is 1. The van der Waals surface area contributed by atoms with Crippen LogP contribution in [0.5, 0.6) is 0 Å². The number of aromatic nitrogens is 3. The van der Waals surface area contributed by atoms with Gasteiger partial charge < -0.3 is 0 Å². The van der Waals surface area contributed by atoms with Crippen molar-refractivity contribution in [2.24, 2.45) is 0 Å². The summed E-state index contributed by atoms with van der Waals surface area (Å²) in [6.45, 7) is 5.79. The Labute approximate surface area is 90.9 Å². The topological polar surface area (TPSA) is 47.3 Å². The molecule has 0 fully saturated rings. The normalized spacial score (nSPS) is 11.3. The fraction of sp³-hybridized carbons (Fsp3) is 0.0833. The standard InChI is InChI=1S/C12H9N3O/c1-7-3-4-9-10(5-7)15-8(2)6-13-11(15)12(16)14-9/h3-6H,1H2,2H3. The molecule has 0 N–H and O–H groups in total. The van der Waals surface area contributed by atoms with Gasteiger partial charge in [-0.15, -0.1) is 0 Å². The van der Waals surface area contributed by atoms with E-state index in [9.17, 15) is 4.79 Å². The van der Waals surface area contributed by atoms with Crippen molar-refractivity contribution in [3.63, 3.8) is 0 Å². The lowest BCUT2D eigenvalue weighted by atomic mass is 10.2. The summed E-state index contributed by atoms with van der Waals surface area (Å²) in [5.41, 5.74) is 2.54. The second kappa shape index (κ2) is 2.88. The third kappa shape index (κ3) is 1.07. The molecule has 3 rings (SSSR count). The summed E-state index contributed by atoms with van der Waals surface area (Å²) in [5.74, 6) is 0. The number of hydrogen-bond donors (Lipinski definition) is 0. The Morgan fingerprint density at radius 2 is 2.19 bits per heavy atom. The number of benzene rings is 1. The largest absolute Gasteiger partial charge is 0.313 e. The van der Waals surface area contributed by atoms with Gasteiger partial charge in [-0.2, -0.15) is 0 Å². The molecule has 0 aliphatic heterocycles. The molecule has 2 aromatic heterocycles. The molecule has 0 bridgehead atoms. The quantitative estimate of drug-likeness (QED) is 0.549. The summed E-state index contributed by atoms with van der Waals surface area (Å²) in [6, 6.07) is 5.55. The van der Waals surface area contributed by atoms with E-state index in [1.54, 1.807) is 12.3 Å². The Bertz CT molecular complexity index is 804. The maximum absolute atomic E-state index is 11.7. The van der Waals surface area contributed by atoms with Crippen LogP contribution in [0.25, 0.3) is 23.3 Å². The third-order valence-electron chi connectivity index (χ3n) is 2.63. The number of rotatable bonds is 0. The van der Waals surface area contributed by atoms with Crippen molar-refractivity contribution in [2.75, 3.05) is 0 Å². The number of fused-ring (bicyclic) bond motifs is 3. The van der Waals surface area contributed by atoms with E-state index in [0.717, 1.165) is 16.4 Å². The first-order valence-electron chi connectivity index (χ1n) is 4.93. The Kier molecular flexibility index (Phi) is 1.63. The molecule has 0 unspecified atom stereocenters. The molecule has 2 heterocycles. The van der Waals surface area contributed by atoms with E-state index in [0.29, 0.717) is 11.2 Å². The van der Waals surface area contributed by atoms with Gasteiger partial charge in [-0.05, 0) is 24.3 Å². The molecule has 0 aliphatic carbocycles. The van der Waals surface area contributed by atoms with Gasteiger partial charge >= 0.3 is 5.56 Å². The van der Waals surface area contributed by atoms with Gasteiger partial charge in [0.15, 0.2) is 0 Å². The van der Waals surface area contributed by atoms with Crippen LogP contribution in [-0.2, 0) is 0 Å². The first-order valence-corrected chi connectivity index (χ1v) is 4.93. The van der Waals surface area contributed by atoms with E-state index in [1.165, 1.54) is 0 Å². The lowest BCUT2D eigenvalue weighted by Crippen LogP contribution is -2.12. The van der Waals surface area contributed by atoms with Crippen molar-refractivity contribution < 1.29 is 0 Å². The third-order valence-corrected chi connectivity index (χ3v) is 2.63. The van der Waals surface area contributed by atoms with E-state index in [4.69, 9.17) is 0 Å². The van der Waals surface area contributed by atoms with Crippen LogP contribution in [0, 0.1) is 6.92 Å². The van der Waals surface area contributed by atoms with Crippen molar-refractivity contribution in [3.8, 4) is 0 Å². The van der Waals surface area contributed by atoms with Crippen LogP contribution in [0.1, 0.15) is 5.69 Å². The lowest BCUT2D eigenvalue weighted by Gasteiger charge is -2.01. The molecule has 0 radical (unpaired) electrons. The predicted molar refractivity (Wildman–Crippen MR) is 62.2 cm³/mol. The summed E-state index contributed by atoms with van der Waals surface area (Å²) >= 11 is 0. The Morgan fingerprint density at radius 3 is 3.00 bits per heavy atom. The Morgan fingerprint density at radius 1 is 1.38 bits per heavy atom. The van der Waals surface area contributed by atoms with Crippen LogP contribution in [0.2, 0.25) is 0 Å². The number of hydrogen-bond acceptors (Lipinski definition) is 3. The van der Waals surface area contributed by atoms with E-state index in [2.05, 4.69) is 16.5 Å². The summed E-state index contributed by atoms with van der Waals surface area (Å²) in [7, 11) is 0. The van der Waals surface area contributed by atoms with Crippen molar-refractivity contribution >= 4 is 23.3 Å². The minimum Gasteiger partial charge on any atom is -0.291 e. The molecule has 0 saturated carbocycles. The molecule has 0 atom stereocenters. The van der Waals surface area contributed by atoms with Crippen LogP contribution < -0.4 is 10.8 Å². The molecule has 0 spiro atoms. The average molecular weight is 211 g/mol.